The zero-order valence-corrected chi connectivity index (χ0v) is 17.1. The second kappa shape index (κ2) is 9.34. The molecule has 0 atom stereocenters. The van der Waals surface area contributed by atoms with Crippen molar-refractivity contribution in [3.05, 3.63) is 52.4 Å². The first-order chi connectivity index (χ1) is 13.6. The number of carbonyl (C=O) groups is 2. The molecule has 0 radical (unpaired) electrons. The Balaban J connectivity index is 1.81. The van der Waals surface area contributed by atoms with Gasteiger partial charge >= 0.3 is 160 Å². The Morgan fingerprint density at radius 3 is 2.61 bits per heavy atom. The zero-order chi connectivity index (χ0) is 19.9. The Morgan fingerprint density at radius 2 is 1.89 bits per heavy atom. The van der Waals surface area contributed by atoms with Gasteiger partial charge in [0.1, 0.15) is 0 Å². The van der Waals surface area contributed by atoms with Crippen LogP contribution in [0.2, 0.25) is 0 Å². The van der Waals surface area contributed by atoms with E-state index in [2.05, 4.69) is 9.19 Å². The predicted octanol–water partition coefficient (Wildman–Crippen LogP) is 2.73. The first-order valence-corrected chi connectivity index (χ1v) is 10.3. The van der Waals surface area contributed by atoms with Crippen molar-refractivity contribution in [2.24, 2.45) is 0 Å². The van der Waals surface area contributed by atoms with Gasteiger partial charge in [0.2, 0.25) is 0 Å². The van der Waals surface area contributed by atoms with Gasteiger partial charge in [0.05, 0.1) is 0 Å². The summed E-state index contributed by atoms with van der Waals surface area (Å²) in [7, 11) is 0. The van der Waals surface area contributed by atoms with Crippen LogP contribution in [0.4, 0.5) is 0 Å². The first-order valence-electron chi connectivity index (χ1n) is 8.59. The van der Waals surface area contributed by atoms with Crippen molar-refractivity contribution in [1.82, 2.24) is 9.19 Å². The Hall–Kier alpha value is -2.90. The van der Waals surface area contributed by atoms with E-state index in [0.717, 1.165) is 0 Å². The molecule has 0 N–H and O–H groups in total. The monoisotopic (exact) mass is 450 g/mol. The summed E-state index contributed by atoms with van der Waals surface area (Å²) in [6.07, 6.45) is 0. The molecule has 0 spiro atoms. The second-order valence-electron chi connectivity index (χ2n) is 5.50. The number of esters is 2. The van der Waals surface area contributed by atoms with E-state index in [1.807, 2.05) is 4.94 Å². The Morgan fingerprint density at radius 1 is 1.11 bits per heavy atom. The quantitative estimate of drug-likeness (QED) is 0.382. The van der Waals surface area contributed by atoms with Crippen LogP contribution in [0.5, 0.6) is 5.75 Å². The molecule has 2 aromatic heterocycles. The molecule has 3 aromatic rings. The number of hydrogen-bond acceptors (Lipinski definition) is 8. The third-order valence-electron chi connectivity index (χ3n) is 3.64. The molecule has 0 saturated carbocycles. The summed E-state index contributed by atoms with van der Waals surface area (Å²) < 4.78 is 25.4. The van der Waals surface area contributed by atoms with E-state index in [0.29, 0.717) is 34.9 Å². The van der Waals surface area contributed by atoms with Gasteiger partial charge < -0.3 is 0 Å². The summed E-state index contributed by atoms with van der Waals surface area (Å²) in [6.45, 7) is 4.04. The average molecular weight is 449 g/mol. The topological polar surface area (TPSA) is 101 Å². The molecule has 2 heterocycles. The fourth-order valence-electron chi connectivity index (χ4n) is 2.41. The van der Waals surface area contributed by atoms with Crippen LogP contribution in [0.1, 0.15) is 40.5 Å². The van der Waals surface area contributed by atoms with Gasteiger partial charge in [-0.2, -0.15) is 0 Å². The van der Waals surface area contributed by atoms with Crippen molar-refractivity contribution in [2.75, 3.05) is 13.2 Å². The summed E-state index contributed by atoms with van der Waals surface area (Å²) in [5, 5.41) is 4.08. The van der Waals surface area contributed by atoms with Crippen molar-refractivity contribution in [1.29, 1.82) is 0 Å². The third-order valence-corrected chi connectivity index (χ3v) is 4.70. The molecule has 1 aromatic carbocycles. The van der Waals surface area contributed by atoms with E-state index in [1.54, 1.807) is 44.2 Å². The molecule has 0 aliphatic heterocycles. The standard InChI is InChI=1S/C19H18N2O6Se/c1-3-24-18(22)12-6-5-7-13(8-12)26-10-17-14(15-11-28-21-20-15)9-16(27-17)19(23)25-4-2/h5-9,11H,3-4,10H2,1-2H3. The molecular formula is C19H18N2O6Se. The molecule has 8 nitrogen and oxygen atoms in total. The maximum absolute atomic E-state index is 12.0. The van der Waals surface area contributed by atoms with Crippen LogP contribution in [-0.4, -0.2) is 49.1 Å². The van der Waals surface area contributed by atoms with Crippen LogP contribution in [0, 0.1) is 0 Å². The van der Waals surface area contributed by atoms with Crippen molar-refractivity contribution < 1.29 is 28.2 Å². The molecule has 0 aliphatic carbocycles. The fraction of sp³-hybridized carbons (Fsp3) is 0.263. The molecule has 0 unspecified atom stereocenters. The van der Waals surface area contributed by atoms with Gasteiger partial charge in [0.25, 0.3) is 0 Å². The van der Waals surface area contributed by atoms with Gasteiger partial charge in [-0.15, -0.1) is 0 Å². The normalized spacial score (nSPS) is 10.5. The number of carbonyl (C=O) groups excluding carboxylic acids is 2. The molecule has 0 amide bonds. The number of aromatic nitrogens is 2. The van der Waals surface area contributed by atoms with Crippen LogP contribution >= 0.6 is 0 Å². The van der Waals surface area contributed by atoms with E-state index >= 15 is 0 Å². The Bertz CT molecular complexity index is 951. The summed E-state index contributed by atoms with van der Waals surface area (Å²) >= 11 is -0.0667. The first kappa shape index (κ1) is 19.8. The third kappa shape index (κ3) is 4.68. The Labute approximate surface area is 167 Å². The van der Waals surface area contributed by atoms with Gasteiger partial charge in [0, 0.05) is 0 Å². The van der Waals surface area contributed by atoms with Gasteiger partial charge in [-0.05, 0) is 6.92 Å². The summed E-state index contributed by atoms with van der Waals surface area (Å²) in [5.74, 6) is -0.00843. The number of benzene rings is 1. The molecule has 3 rings (SSSR count). The molecule has 0 aliphatic rings. The van der Waals surface area contributed by atoms with Crippen LogP contribution in [0.25, 0.3) is 11.3 Å². The van der Waals surface area contributed by atoms with Crippen LogP contribution < -0.4 is 4.74 Å². The van der Waals surface area contributed by atoms with Crippen LogP contribution in [0.15, 0.2) is 39.7 Å². The predicted molar refractivity (Wildman–Crippen MR) is 99.4 cm³/mol. The number of ether oxygens (including phenoxy) is 3. The summed E-state index contributed by atoms with van der Waals surface area (Å²) in [4.78, 5) is 25.8. The van der Waals surface area contributed by atoms with E-state index < -0.39 is 11.9 Å². The van der Waals surface area contributed by atoms with Gasteiger partial charge in [-0.3, -0.25) is 0 Å². The van der Waals surface area contributed by atoms with Crippen LogP contribution in [-0.2, 0) is 16.1 Å². The van der Waals surface area contributed by atoms with Crippen molar-refractivity contribution in [3.8, 4) is 17.0 Å². The van der Waals surface area contributed by atoms with Crippen molar-refractivity contribution >= 4 is 26.7 Å². The van der Waals surface area contributed by atoms with E-state index in [9.17, 15) is 9.59 Å². The number of rotatable bonds is 8. The molecular weight excluding hydrogens is 431 g/mol. The van der Waals surface area contributed by atoms with Crippen molar-refractivity contribution in [3.63, 3.8) is 0 Å². The number of furan rings is 1. The second-order valence-corrected chi connectivity index (χ2v) is 6.77. The number of nitrogens with zero attached hydrogens (tertiary/aromatic N) is 2. The molecule has 146 valence electrons. The molecule has 0 bridgehead atoms. The molecule has 0 fully saturated rings. The summed E-state index contributed by atoms with van der Waals surface area (Å²) in [5.41, 5.74) is 1.66. The molecule has 9 heteroatoms. The Kier molecular flexibility index (Phi) is 6.62. The van der Waals surface area contributed by atoms with Gasteiger partial charge in [-0.25, -0.2) is 0 Å². The SMILES string of the molecule is CCOC(=O)c1cccc(OCc2oc(C(=O)OCC)cc2-c2c[se]nn2)c1. The zero-order valence-electron chi connectivity index (χ0n) is 15.3. The average Bonchev–Trinajstić information content (AvgIpc) is 3.36. The van der Waals surface area contributed by atoms with Gasteiger partial charge in [0.15, 0.2) is 0 Å². The maximum atomic E-state index is 12.0. The molecule has 28 heavy (non-hydrogen) atoms. The molecule has 0 saturated heterocycles. The van der Waals surface area contributed by atoms with E-state index in [1.165, 1.54) is 0 Å². The fourth-order valence-corrected chi connectivity index (χ4v) is 3.37. The minimum atomic E-state index is -0.555. The van der Waals surface area contributed by atoms with E-state index in [4.69, 9.17) is 18.6 Å². The van der Waals surface area contributed by atoms with Gasteiger partial charge in [-0.1, -0.05) is 0 Å². The number of hydrogen-bond donors (Lipinski definition) is 0. The summed E-state index contributed by atoms with van der Waals surface area (Å²) in [6, 6.07) is 8.23. The van der Waals surface area contributed by atoms with Crippen molar-refractivity contribution in [2.45, 2.75) is 20.5 Å². The minimum absolute atomic E-state index is 0.0425. The van der Waals surface area contributed by atoms with E-state index in [-0.39, 0.29) is 33.7 Å². The van der Waals surface area contributed by atoms with Crippen LogP contribution in [0.3, 0.4) is 0 Å².